The Morgan fingerprint density at radius 1 is 1.00 bits per heavy atom. The van der Waals surface area contributed by atoms with Gasteiger partial charge in [0.25, 0.3) is 0 Å². The summed E-state index contributed by atoms with van der Waals surface area (Å²) in [7, 11) is 0. The fourth-order valence-electron chi connectivity index (χ4n) is 5.45. The van der Waals surface area contributed by atoms with Crippen molar-refractivity contribution in [1.82, 2.24) is 14.9 Å². The van der Waals surface area contributed by atoms with E-state index in [1.54, 1.807) is 0 Å². The van der Waals surface area contributed by atoms with Crippen LogP contribution in [-0.4, -0.2) is 27.3 Å². The van der Waals surface area contributed by atoms with Crippen LogP contribution in [0, 0.1) is 17.2 Å². The lowest BCUT2D eigenvalue weighted by Gasteiger charge is -2.37. The number of carboxylic acid groups (broad SMARTS) is 1. The summed E-state index contributed by atoms with van der Waals surface area (Å²) < 4.78 is 2.14. The van der Waals surface area contributed by atoms with Crippen LogP contribution in [0.1, 0.15) is 41.6 Å². The average molecular weight is 477 g/mol. The topological polar surface area (TPSA) is 90.9 Å². The first-order valence-electron chi connectivity index (χ1n) is 12.2. The van der Waals surface area contributed by atoms with Crippen LogP contribution in [0.25, 0.3) is 0 Å². The van der Waals surface area contributed by atoms with Crippen LogP contribution in [0.3, 0.4) is 0 Å². The van der Waals surface area contributed by atoms with E-state index in [1.807, 2.05) is 67.1 Å². The molecule has 1 saturated carbocycles. The highest BCUT2D eigenvalue weighted by molar-refractivity contribution is 5.64. The summed E-state index contributed by atoms with van der Waals surface area (Å²) in [5, 5.41) is 21.4. The lowest BCUT2D eigenvalue weighted by Crippen LogP contribution is -2.37. The molecule has 0 radical (unpaired) electrons. The van der Waals surface area contributed by atoms with Crippen molar-refractivity contribution < 1.29 is 9.90 Å². The number of hydrogen-bond donors (Lipinski definition) is 2. The predicted molar refractivity (Wildman–Crippen MR) is 137 cm³/mol. The van der Waals surface area contributed by atoms with Gasteiger partial charge in [-0.15, -0.1) is 0 Å². The summed E-state index contributed by atoms with van der Waals surface area (Å²) in [6.07, 6.45) is 5.08. The molecule has 0 bridgehead atoms. The summed E-state index contributed by atoms with van der Waals surface area (Å²) in [6, 6.07) is 33.7. The van der Waals surface area contributed by atoms with Crippen molar-refractivity contribution in [3.8, 4) is 6.07 Å². The second kappa shape index (κ2) is 9.71. The largest absolute Gasteiger partial charge is 0.465 e. The Balaban J connectivity index is 1.58. The van der Waals surface area contributed by atoms with Gasteiger partial charge in [-0.3, -0.25) is 0 Å². The molecule has 1 aliphatic rings. The molecule has 2 atom stereocenters. The maximum Gasteiger partial charge on any atom is 0.404 e. The molecule has 1 fully saturated rings. The van der Waals surface area contributed by atoms with Gasteiger partial charge in [-0.2, -0.15) is 5.26 Å². The molecule has 36 heavy (non-hydrogen) atoms. The molecule has 0 spiro atoms. The molecule has 1 heterocycles. The highest BCUT2D eigenvalue weighted by atomic mass is 16.4. The number of benzene rings is 3. The highest BCUT2D eigenvalue weighted by Crippen LogP contribution is 2.56. The molecule has 0 saturated heterocycles. The van der Waals surface area contributed by atoms with Gasteiger partial charge in [-0.1, -0.05) is 91.0 Å². The van der Waals surface area contributed by atoms with Crippen LogP contribution in [0.4, 0.5) is 4.79 Å². The number of aromatic nitrogens is 2. The molecular formula is C30H28N4O2. The third kappa shape index (κ3) is 4.03. The molecule has 2 N–H and O–H groups in total. The number of nitrogens with zero attached hydrogens (tertiary/aromatic N) is 3. The van der Waals surface area contributed by atoms with Crippen molar-refractivity contribution in [3.05, 3.63) is 126 Å². The molecule has 1 aliphatic carbocycles. The molecule has 4 aromatic rings. The summed E-state index contributed by atoms with van der Waals surface area (Å²) >= 11 is 0. The minimum atomic E-state index is -1.02. The van der Waals surface area contributed by atoms with Gasteiger partial charge in [-0.25, -0.2) is 9.78 Å². The standard InChI is InChI=1S/C30H28N4O2/c31-21-29(19-26(29)17-10-18-32-28(35)36)27-20-34(22-33-27)30(23-11-4-1-5-12-23,24-13-6-2-7-14-24)25-15-8-3-9-16-25/h1-9,11-16,20,22,26,32H,10,17-19H2,(H,35,36). The van der Waals surface area contributed by atoms with E-state index in [1.165, 1.54) is 0 Å². The van der Waals surface area contributed by atoms with Crippen LogP contribution in [0.2, 0.25) is 0 Å². The number of nitriles is 1. The Hall–Kier alpha value is -4.37. The van der Waals surface area contributed by atoms with E-state index in [2.05, 4.69) is 52.4 Å². The highest BCUT2D eigenvalue weighted by Gasteiger charge is 2.57. The molecule has 2 unspecified atom stereocenters. The minimum Gasteiger partial charge on any atom is -0.465 e. The number of nitrogens with one attached hydrogen (secondary N) is 1. The number of imidazole rings is 1. The van der Waals surface area contributed by atoms with Gasteiger partial charge in [0.05, 0.1) is 18.1 Å². The van der Waals surface area contributed by atoms with Gasteiger partial charge in [0, 0.05) is 12.7 Å². The second-order valence-electron chi connectivity index (χ2n) is 9.33. The molecule has 6 heteroatoms. The Morgan fingerprint density at radius 3 is 2.00 bits per heavy atom. The van der Waals surface area contributed by atoms with Crippen LogP contribution < -0.4 is 5.32 Å². The lowest BCUT2D eigenvalue weighted by molar-refractivity contribution is 0.194. The summed E-state index contributed by atoms with van der Waals surface area (Å²) in [5.41, 5.74) is 2.78. The molecule has 0 aliphatic heterocycles. The third-order valence-electron chi connectivity index (χ3n) is 7.31. The molecule has 6 nitrogen and oxygen atoms in total. The Bertz CT molecular complexity index is 1270. The predicted octanol–water partition coefficient (Wildman–Crippen LogP) is 5.55. The Morgan fingerprint density at radius 2 is 1.53 bits per heavy atom. The van der Waals surface area contributed by atoms with E-state index in [0.29, 0.717) is 13.0 Å². The first-order chi connectivity index (χ1) is 17.6. The number of amides is 1. The smallest absolute Gasteiger partial charge is 0.404 e. The second-order valence-corrected chi connectivity index (χ2v) is 9.33. The monoisotopic (exact) mass is 476 g/mol. The minimum absolute atomic E-state index is 0.168. The maximum atomic E-state index is 10.7. The Labute approximate surface area is 210 Å². The molecular weight excluding hydrogens is 448 g/mol. The lowest BCUT2D eigenvalue weighted by atomic mass is 9.76. The Kier molecular flexibility index (Phi) is 6.30. The zero-order valence-corrected chi connectivity index (χ0v) is 19.9. The van der Waals surface area contributed by atoms with E-state index in [0.717, 1.165) is 35.2 Å². The van der Waals surface area contributed by atoms with Crippen molar-refractivity contribution in [3.63, 3.8) is 0 Å². The van der Waals surface area contributed by atoms with E-state index in [9.17, 15) is 10.1 Å². The van der Waals surface area contributed by atoms with Crippen molar-refractivity contribution in [2.24, 2.45) is 5.92 Å². The summed E-state index contributed by atoms with van der Waals surface area (Å²) in [6.45, 7) is 0.390. The van der Waals surface area contributed by atoms with Crippen LogP contribution in [-0.2, 0) is 11.0 Å². The van der Waals surface area contributed by atoms with E-state index in [4.69, 9.17) is 10.1 Å². The first kappa shape index (κ1) is 23.4. The first-order valence-corrected chi connectivity index (χ1v) is 12.2. The fourth-order valence-corrected chi connectivity index (χ4v) is 5.45. The van der Waals surface area contributed by atoms with Crippen LogP contribution in [0.15, 0.2) is 104 Å². The fraction of sp³-hybridized carbons (Fsp3) is 0.233. The SMILES string of the molecule is N#CC1(c2cn(C(c3ccccc3)(c3ccccc3)c3ccccc3)cn2)CC1CCCNC(=O)O. The molecule has 180 valence electrons. The summed E-state index contributed by atoms with van der Waals surface area (Å²) in [4.78, 5) is 15.5. The van der Waals surface area contributed by atoms with E-state index < -0.39 is 17.0 Å². The third-order valence-corrected chi connectivity index (χ3v) is 7.31. The number of carbonyl (C=O) groups is 1. The van der Waals surface area contributed by atoms with Crippen LogP contribution in [0.5, 0.6) is 0 Å². The van der Waals surface area contributed by atoms with Gasteiger partial charge in [0.1, 0.15) is 11.0 Å². The summed E-state index contributed by atoms with van der Waals surface area (Å²) in [5.74, 6) is 0.168. The quantitative estimate of drug-likeness (QED) is 0.245. The average Bonchev–Trinajstić information content (AvgIpc) is 3.43. The van der Waals surface area contributed by atoms with Gasteiger partial charge in [0.2, 0.25) is 0 Å². The van der Waals surface area contributed by atoms with Crippen molar-refractivity contribution >= 4 is 6.09 Å². The maximum absolute atomic E-state index is 10.7. The number of rotatable bonds is 9. The van der Waals surface area contributed by atoms with E-state index in [-0.39, 0.29) is 5.92 Å². The molecule has 1 aromatic heterocycles. The number of hydrogen-bond acceptors (Lipinski definition) is 3. The molecule has 3 aromatic carbocycles. The molecule has 5 rings (SSSR count). The van der Waals surface area contributed by atoms with E-state index >= 15 is 0 Å². The molecule has 1 amide bonds. The van der Waals surface area contributed by atoms with Gasteiger partial charge in [0.15, 0.2) is 0 Å². The zero-order chi connectivity index (χ0) is 25.0. The zero-order valence-electron chi connectivity index (χ0n) is 19.9. The van der Waals surface area contributed by atoms with Gasteiger partial charge in [-0.05, 0) is 41.9 Å². The van der Waals surface area contributed by atoms with Gasteiger partial charge < -0.3 is 15.0 Å². The van der Waals surface area contributed by atoms with Crippen molar-refractivity contribution in [1.29, 1.82) is 5.26 Å². The van der Waals surface area contributed by atoms with Crippen molar-refractivity contribution in [2.75, 3.05) is 6.54 Å². The van der Waals surface area contributed by atoms with Crippen molar-refractivity contribution in [2.45, 2.75) is 30.2 Å². The normalized spacial score (nSPS) is 18.8. The van der Waals surface area contributed by atoms with Crippen LogP contribution >= 0.6 is 0 Å². The van der Waals surface area contributed by atoms with Gasteiger partial charge >= 0.3 is 6.09 Å².